The summed E-state index contributed by atoms with van der Waals surface area (Å²) in [5, 5.41) is 0. The molecule has 40 heteroatoms. The van der Waals surface area contributed by atoms with Gasteiger partial charge in [0.05, 0.1) is 0 Å². The molecule has 320 valence electrons. The summed E-state index contributed by atoms with van der Waals surface area (Å²) in [7, 11) is 0. The van der Waals surface area contributed by atoms with E-state index in [2.05, 4.69) is 0 Å². The lowest BCUT2D eigenvalue weighted by atomic mass is 14.0. The van der Waals surface area contributed by atoms with Gasteiger partial charge in [-0.15, -0.1) is 0 Å². The van der Waals surface area contributed by atoms with Gasteiger partial charge in [-0.1, -0.05) is 0 Å². The largest absolute Gasteiger partial charge is 0.344 e. The van der Waals surface area contributed by atoms with Crippen molar-refractivity contribution in [2.24, 2.45) is 0 Å². The molecule has 0 saturated heterocycles. The molecule has 0 radical (unpaired) electrons. The molecule has 0 aromatic carbocycles. The van der Waals surface area contributed by atoms with E-state index in [1.54, 1.807) is 0 Å². The zero-order valence-electron chi connectivity index (χ0n) is 28.3. The molecule has 0 aliphatic carbocycles. The van der Waals surface area contributed by atoms with Crippen LogP contribution in [-0.2, 0) is 0 Å². The van der Waals surface area contributed by atoms with Gasteiger partial charge in [0, 0.05) is 0 Å². The maximum atomic E-state index is 0. The van der Waals surface area contributed by atoms with Crippen molar-refractivity contribution in [2.75, 3.05) is 0 Å². The molecule has 0 fully saturated rings. The standard InChI is InChI=1S/40H3N/h40*1H3. The third-order valence-corrected chi connectivity index (χ3v) is 0. The number of rotatable bonds is 0. The highest BCUT2D eigenvalue weighted by atomic mass is 14.0. The fourth-order valence-corrected chi connectivity index (χ4v) is 0. The summed E-state index contributed by atoms with van der Waals surface area (Å²) < 4.78 is 0. The van der Waals surface area contributed by atoms with Gasteiger partial charge in [-0.2, -0.15) is 0 Å². The van der Waals surface area contributed by atoms with Crippen LogP contribution in [0, 0.1) is 0 Å². The second kappa shape index (κ2) is 19400. The summed E-state index contributed by atoms with van der Waals surface area (Å²) in [6, 6.07) is 0. The summed E-state index contributed by atoms with van der Waals surface area (Å²) in [5.41, 5.74) is 0. The summed E-state index contributed by atoms with van der Waals surface area (Å²) in [6.07, 6.45) is 0. The Balaban J connectivity index is 0. The van der Waals surface area contributed by atoms with Crippen molar-refractivity contribution in [2.45, 2.75) is 0 Å². The average Bonchev–Trinajstić information content (AvgIpc) is 0. The van der Waals surface area contributed by atoms with E-state index >= 15 is 0 Å². The van der Waals surface area contributed by atoms with Gasteiger partial charge in [0.1, 0.15) is 0 Å². The maximum Gasteiger partial charge on any atom is -0.344 e. The van der Waals surface area contributed by atoms with E-state index < -0.39 is 0 Å². The average molecular weight is 681 g/mol. The molecule has 0 bridgehead atoms. The highest BCUT2D eigenvalue weighted by Gasteiger charge is -0.305. The number of hydrogen-bond donors (Lipinski definition) is 40. The van der Waals surface area contributed by atoms with Gasteiger partial charge >= 0.3 is 0 Å². The van der Waals surface area contributed by atoms with Gasteiger partial charge in [0.25, 0.3) is 0 Å². The minimum atomic E-state index is 0. The molecular formula is H120N40. The molecule has 0 saturated carbocycles. The second-order valence-electron chi connectivity index (χ2n) is 0. The minimum absolute atomic E-state index is 0. The van der Waals surface area contributed by atoms with Crippen LogP contribution in [0.4, 0.5) is 0 Å². The van der Waals surface area contributed by atoms with Crippen molar-refractivity contribution in [3.63, 3.8) is 0 Å². The van der Waals surface area contributed by atoms with E-state index in [0.717, 1.165) is 0 Å². The molecular weight excluding hydrogens is 560 g/mol. The Hall–Kier alpha value is -1.60. The molecule has 0 amide bonds. The lowest BCUT2D eigenvalue weighted by Gasteiger charge is -0.345. The Labute approximate surface area is 247 Å². The van der Waals surface area contributed by atoms with E-state index in [0.29, 0.717) is 0 Å². The summed E-state index contributed by atoms with van der Waals surface area (Å²) in [4.78, 5) is 0. The summed E-state index contributed by atoms with van der Waals surface area (Å²) in [6.45, 7) is 0. The fourth-order valence-electron chi connectivity index (χ4n) is 0. The van der Waals surface area contributed by atoms with Gasteiger partial charge in [0.15, 0.2) is 0 Å². The lowest BCUT2D eigenvalue weighted by molar-refractivity contribution is 2.13. The fraction of sp³-hybridized carbons (Fsp3) is 0. The van der Waals surface area contributed by atoms with Gasteiger partial charge in [-0.05, 0) is 0 Å². The molecule has 120 N–H and O–H groups in total. The monoisotopic (exact) mass is 681 g/mol. The molecule has 0 unspecified atom stereocenters. The van der Waals surface area contributed by atoms with E-state index in [-0.39, 0.29) is 246 Å². The third kappa shape index (κ3) is 17800. The zero-order valence-corrected chi connectivity index (χ0v) is 28.3. The first-order chi connectivity index (χ1) is 0. The van der Waals surface area contributed by atoms with Crippen LogP contribution >= 0.6 is 0 Å². The van der Waals surface area contributed by atoms with Gasteiger partial charge in [-0.25, -0.2) is 0 Å². The Bertz CT molecular complexity index is 0. The molecule has 0 aromatic rings. The Kier molecular flexibility index (Phi) is 10200000. The second-order valence-corrected chi connectivity index (χ2v) is 0. The quantitative estimate of drug-likeness (QED) is 0.130. The lowest BCUT2D eigenvalue weighted by Crippen LogP contribution is -0.482. The van der Waals surface area contributed by atoms with Crippen LogP contribution in [0.2, 0.25) is 0 Å². The minimum Gasteiger partial charge on any atom is -0.344 e. The van der Waals surface area contributed by atoms with Crippen LogP contribution in [0.5, 0.6) is 0 Å². The van der Waals surface area contributed by atoms with Crippen molar-refractivity contribution in [3.05, 3.63) is 0 Å². The van der Waals surface area contributed by atoms with E-state index in [1.165, 1.54) is 0 Å². The van der Waals surface area contributed by atoms with Crippen molar-refractivity contribution in [1.29, 1.82) is 0 Å². The molecule has 0 heterocycles. The smallest absolute Gasteiger partial charge is 0.344 e. The van der Waals surface area contributed by atoms with E-state index in [1.807, 2.05) is 0 Å². The molecule has 0 aliphatic heterocycles. The Morgan fingerprint density at radius 2 is 0.0250 bits per heavy atom. The molecule has 0 aromatic heterocycles. The predicted molar refractivity (Wildman–Crippen MR) is 201 cm³/mol. The molecule has 40 nitrogen and oxygen atoms in total. The first-order valence-corrected chi connectivity index (χ1v) is 0. The molecule has 0 atom stereocenters. The van der Waals surface area contributed by atoms with E-state index in [9.17, 15) is 0 Å². The van der Waals surface area contributed by atoms with Crippen molar-refractivity contribution in [1.82, 2.24) is 246 Å². The highest BCUT2D eigenvalue weighted by molar-refractivity contribution is 2.17. The normalized spacial score (nSPS) is 0. The molecule has 0 aliphatic rings. The van der Waals surface area contributed by atoms with Gasteiger partial charge < -0.3 is 246 Å². The molecule has 0 rings (SSSR count). The van der Waals surface area contributed by atoms with E-state index in [4.69, 9.17) is 0 Å². The van der Waals surface area contributed by atoms with Crippen LogP contribution in [0.1, 0.15) is 0 Å². The summed E-state index contributed by atoms with van der Waals surface area (Å²) in [5.74, 6) is 0. The predicted octanol–water partition coefficient (Wildman–Crippen LogP) is 6.48. The van der Waals surface area contributed by atoms with Gasteiger partial charge in [0.2, 0.25) is 0 Å². The first kappa shape index (κ1) is 21000. The third-order valence-electron chi connectivity index (χ3n) is 0. The van der Waals surface area contributed by atoms with Crippen molar-refractivity contribution < 1.29 is 0 Å². The first-order valence-electron chi connectivity index (χ1n) is 0. The SMILES string of the molecule is N.N.N.N.N.N.N.N.N.N.N.N.N.N.N.N.N.N.N.N.N.N.N.N.N.N.N.N.N.N.N.N.N.N.N.N.N.N.N.N. The highest BCUT2D eigenvalue weighted by Crippen LogP contribution is -0.442. The van der Waals surface area contributed by atoms with Crippen LogP contribution < -0.4 is 246 Å². The van der Waals surface area contributed by atoms with Crippen LogP contribution in [0.15, 0.2) is 0 Å². The molecule has 0 spiro atoms. The Morgan fingerprint density at radius 1 is 0.0250 bits per heavy atom. The number of hydrogen-bond acceptors (Lipinski definition) is 40. The summed E-state index contributed by atoms with van der Waals surface area (Å²) >= 11 is 0. The molecule has 40 heavy (non-hydrogen) atoms. The maximum absolute atomic E-state index is 0. The van der Waals surface area contributed by atoms with Crippen molar-refractivity contribution in [3.8, 4) is 0 Å². The van der Waals surface area contributed by atoms with Crippen LogP contribution in [-0.4, -0.2) is 0 Å². The van der Waals surface area contributed by atoms with Gasteiger partial charge in [-0.3, -0.25) is 0 Å². The zero-order chi connectivity index (χ0) is 0. The van der Waals surface area contributed by atoms with Crippen LogP contribution in [0.3, 0.4) is 0 Å². The van der Waals surface area contributed by atoms with Crippen LogP contribution in [0.25, 0.3) is 0 Å². The Morgan fingerprint density at radius 3 is 0.0250 bits per heavy atom. The van der Waals surface area contributed by atoms with Crippen molar-refractivity contribution >= 4 is 0 Å². The topological polar surface area (TPSA) is 1400 Å².